The van der Waals surface area contributed by atoms with Gasteiger partial charge in [-0.25, -0.2) is 0 Å². The van der Waals surface area contributed by atoms with Crippen molar-refractivity contribution in [3.05, 3.63) is 42.0 Å². The molecule has 0 amide bonds. The maximum absolute atomic E-state index is 5.99. The van der Waals surface area contributed by atoms with Crippen LogP contribution in [-0.2, 0) is 0 Å². The van der Waals surface area contributed by atoms with Crippen LogP contribution in [0.2, 0.25) is 0 Å². The average molecular weight is 367 g/mol. The highest BCUT2D eigenvalue weighted by molar-refractivity contribution is 5.84. The molecule has 1 fully saturated rings. The minimum atomic E-state index is 0.765. The van der Waals surface area contributed by atoms with Crippen LogP contribution in [0.1, 0.15) is 96.0 Å². The molecule has 0 atom stereocenters. The normalized spacial score (nSPS) is 20.1. The predicted molar refractivity (Wildman–Crippen MR) is 118 cm³/mol. The summed E-state index contributed by atoms with van der Waals surface area (Å²) in [6, 6.07) is 13.7. The van der Waals surface area contributed by atoms with Crippen molar-refractivity contribution in [2.24, 2.45) is 5.92 Å². The second-order valence-electron chi connectivity index (χ2n) is 8.51. The second kappa shape index (κ2) is 10.7. The lowest BCUT2D eigenvalue weighted by atomic mass is 9.77. The number of ether oxygens (including phenoxy) is 1. The quantitative estimate of drug-likeness (QED) is 0.384. The van der Waals surface area contributed by atoms with Crippen molar-refractivity contribution in [1.82, 2.24) is 0 Å². The Balaban J connectivity index is 1.51. The first-order valence-corrected chi connectivity index (χ1v) is 11.5. The fourth-order valence-corrected chi connectivity index (χ4v) is 4.56. The van der Waals surface area contributed by atoms with Crippen molar-refractivity contribution >= 4 is 10.8 Å². The highest BCUT2D eigenvalue weighted by Crippen LogP contribution is 2.38. The van der Waals surface area contributed by atoms with Crippen LogP contribution in [0, 0.1) is 5.92 Å². The van der Waals surface area contributed by atoms with Crippen LogP contribution in [0.3, 0.4) is 0 Å². The van der Waals surface area contributed by atoms with Gasteiger partial charge in [0.2, 0.25) is 0 Å². The van der Waals surface area contributed by atoms with Gasteiger partial charge in [0.25, 0.3) is 0 Å². The average Bonchev–Trinajstić information content (AvgIpc) is 2.72. The lowest BCUT2D eigenvalue weighted by Crippen LogP contribution is -2.12. The van der Waals surface area contributed by atoms with Crippen LogP contribution in [0.5, 0.6) is 5.75 Å². The van der Waals surface area contributed by atoms with Crippen LogP contribution in [-0.4, -0.2) is 6.61 Å². The van der Waals surface area contributed by atoms with Crippen molar-refractivity contribution in [3.63, 3.8) is 0 Å². The molecular weight excluding hydrogens is 328 g/mol. The van der Waals surface area contributed by atoms with Crippen molar-refractivity contribution in [1.29, 1.82) is 0 Å². The molecule has 0 unspecified atom stereocenters. The Morgan fingerprint density at radius 2 is 1.48 bits per heavy atom. The van der Waals surface area contributed by atoms with E-state index in [0.717, 1.165) is 24.2 Å². The van der Waals surface area contributed by atoms with Gasteiger partial charge in [-0.2, -0.15) is 0 Å². The largest absolute Gasteiger partial charge is 0.494 e. The van der Waals surface area contributed by atoms with Crippen molar-refractivity contribution in [2.75, 3.05) is 6.61 Å². The van der Waals surface area contributed by atoms with Gasteiger partial charge in [0.1, 0.15) is 5.75 Å². The molecule has 0 bridgehead atoms. The molecule has 0 radical (unpaired) electrons. The number of rotatable bonds is 10. The van der Waals surface area contributed by atoms with Gasteiger partial charge >= 0.3 is 0 Å². The lowest BCUT2D eigenvalue weighted by Gasteiger charge is -2.28. The standard InChI is InChI=1S/C26H38O/c1-3-5-6-7-8-9-18-27-26-17-16-24-19-23(14-15-25(24)20-26)22-12-10-21(4-2)11-13-22/h14-17,19-22H,3-13,18H2,1-2H3. The number of fused-ring (bicyclic) bond motifs is 1. The van der Waals surface area contributed by atoms with Crippen LogP contribution < -0.4 is 4.74 Å². The van der Waals surface area contributed by atoms with Crippen LogP contribution >= 0.6 is 0 Å². The molecule has 1 heteroatoms. The van der Waals surface area contributed by atoms with E-state index in [0.29, 0.717) is 0 Å². The summed E-state index contributed by atoms with van der Waals surface area (Å²) in [6.07, 6.45) is 14.8. The summed E-state index contributed by atoms with van der Waals surface area (Å²) in [4.78, 5) is 0. The third kappa shape index (κ3) is 5.99. The van der Waals surface area contributed by atoms with E-state index in [1.54, 1.807) is 0 Å². The van der Waals surface area contributed by atoms with Gasteiger partial charge in [0.05, 0.1) is 6.61 Å². The number of hydrogen-bond acceptors (Lipinski definition) is 1. The van der Waals surface area contributed by atoms with Gasteiger partial charge in [-0.3, -0.25) is 0 Å². The molecule has 0 aromatic heterocycles. The SMILES string of the molecule is CCCCCCCCOc1ccc2cc(C3CCC(CC)CC3)ccc2c1. The summed E-state index contributed by atoms with van der Waals surface area (Å²) in [5.74, 6) is 2.75. The van der Waals surface area contributed by atoms with Crippen LogP contribution in [0.4, 0.5) is 0 Å². The molecule has 3 rings (SSSR count). The summed E-state index contributed by atoms with van der Waals surface area (Å²) in [5, 5.41) is 2.67. The van der Waals surface area contributed by atoms with Gasteiger partial charge in [-0.15, -0.1) is 0 Å². The molecule has 0 spiro atoms. The molecule has 0 saturated heterocycles. The Hall–Kier alpha value is -1.50. The first kappa shape index (κ1) is 20.2. The Morgan fingerprint density at radius 1 is 0.778 bits per heavy atom. The van der Waals surface area contributed by atoms with Gasteiger partial charge < -0.3 is 4.74 Å². The zero-order valence-corrected chi connectivity index (χ0v) is 17.5. The molecule has 0 aliphatic heterocycles. The van der Waals surface area contributed by atoms with E-state index in [9.17, 15) is 0 Å². The minimum absolute atomic E-state index is 0.765. The number of benzene rings is 2. The van der Waals surface area contributed by atoms with Crippen molar-refractivity contribution in [2.45, 2.75) is 90.4 Å². The molecule has 1 aliphatic carbocycles. The summed E-state index contributed by atoms with van der Waals surface area (Å²) in [6.45, 7) is 5.45. The molecule has 0 heterocycles. The first-order chi connectivity index (χ1) is 13.3. The lowest BCUT2D eigenvalue weighted by molar-refractivity contribution is 0.305. The zero-order chi connectivity index (χ0) is 18.9. The number of hydrogen-bond donors (Lipinski definition) is 0. The fourth-order valence-electron chi connectivity index (χ4n) is 4.56. The van der Waals surface area contributed by atoms with Gasteiger partial charge in [0, 0.05) is 0 Å². The predicted octanol–water partition coefficient (Wildman–Crippen LogP) is 8.26. The molecule has 2 aromatic carbocycles. The Kier molecular flexibility index (Phi) is 8.05. The smallest absolute Gasteiger partial charge is 0.119 e. The highest BCUT2D eigenvalue weighted by Gasteiger charge is 2.21. The maximum atomic E-state index is 5.99. The van der Waals surface area contributed by atoms with E-state index in [4.69, 9.17) is 4.74 Å². The van der Waals surface area contributed by atoms with Crippen LogP contribution in [0.15, 0.2) is 36.4 Å². The third-order valence-electron chi connectivity index (χ3n) is 6.50. The Bertz CT molecular complexity index is 682. The highest BCUT2D eigenvalue weighted by atomic mass is 16.5. The van der Waals surface area contributed by atoms with E-state index in [1.807, 2.05) is 0 Å². The zero-order valence-electron chi connectivity index (χ0n) is 17.5. The summed E-state index contributed by atoms with van der Waals surface area (Å²) < 4.78 is 5.99. The van der Waals surface area contributed by atoms with Crippen molar-refractivity contribution in [3.8, 4) is 5.75 Å². The van der Waals surface area contributed by atoms with E-state index >= 15 is 0 Å². The van der Waals surface area contributed by atoms with E-state index < -0.39 is 0 Å². The summed E-state index contributed by atoms with van der Waals surface area (Å²) in [5.41, 5.74) is 1.54. The van der Waals surface area contributed by atoms with Gasteiger partial charge in [-0.05, 0) is 72.4 Å². The molecule has 2 aromatic rings. The fraction of sp³-hybridized carbons (Fsp3) is 0.615. The minimum Gasteiger partial charge on any atom is -0.494 e. The molecule has 148 valence electrons. The topological polar surface area (TPSA) is 9.23 Å². The molecule has 1 saturated carbocycles. The Morgan fingerprint density at radius 3 is 2.26 bits per heavy atom. The Labute approximate surface area is 166 Å². The van der Waals surface area contributed by atoms with E-state index in [1.165, 1.54) is 87.0 Å². The third-order valence-corrected chi connectivity index (χ3v) is 6.50. The monoisotopic (exact) mass is 366 g/mol. The molecular formula is C26H38O. The molecule has 27 heavy (non-hydrogen) atoms. The van der Waals surface area contributed by atoms with Crippen LogP contribution in [0.25, 0.3) is 10.8 Å². The summed E-state index contributed by atoms with van der Waals surface area (Å²) >= 11 is 0. The second-order valence-corrected chi connectivity index (χ2v) is 8.51. The molecule has 1 aliphatic rings. The van der Waals surface area contributed by atoms with Gasteiger partial charge in [0.15, 0.2) is 0 Å². The molecule has 0 N–H and O–H groups in total. The number of unbranched alkanes of at least 4 members (excludes halogenated alkanes) is 5. The first-order valence-electron chi connectivity index (χ1n) is 11.5. The summed E-state index contributed by atoms with van der Waals surface area (Å²) in [7, 11) is 0. The van der Waals surface area contributed by atoms with E-state index in [-0.39, 0.29) is 0 Å². The van der Waals surface area contributed by atoms with Crippen molar-refractivity contribution < 1.29 is 4.74 Å². The molecule has 1 nitrogen and oxygen atoms in total. The van der Waals surface area contributed by atoms with E-state index in [2.05, 4.69) is 50.2 Å². The maximum Gasteiger partial charge on any atom is 0.119 e. The van der Waals surface area contributed by atoms with Gasteiger partial charge in [-0.1, -0.05) is 76.6 Å².